The first-order chi connectivity index (χ1) is 17.7. The van der Waals surface area contributed by atoms with Gasteiger partial charge in [-0.15, -0.1) is 0 Å². The summed E-state index contributed by atoms with van der Waals surface area (Å²) >= 11 is 6.62. The third kappa shape index (κ3) is 4.41. The molecule has 0 amide bonds. The van der Waals surface area contributed by atoms with E-state index in [1.807, 2.05) is 6.92 Å². The summed E-state index contributed by atoms with van der Waals surface area (Å²) in [5, 5.41) is 23.9. The Morgan fingerprint density at radius 2 is 2.14 bits per heavy atom. The molecule has 0 bridgehead atoms. The summed E-state index contributed by atoms with van der Waals surface area (Å²) in [6.07, 6.45) is 8.67. The summed E-state index contributed by atoms with van der Waals surface area (Å²) in [5.41, 5.74) is 6.38. The van der Waals surface area contributed by atoms with Gasteiger partial charge in [-0.25, -0.2) is 4.98 Å². The van der Waals surface area contributed by atoms with E-state index < -0.39 is 11.4 Å². The zero-order valence-electron chi connectivity index (χ0n) is 21.2. The van der Waals surface area contributed by atoms with E-state index in [1.165, 1.54) is 16.7 Å². The standard InChI is InChI=1S/C28H32ClN5O3/c1-28(11-24(36)37)15-34(23-6-4-3-5-21(23)28)26-22(29)12-30-27(32-26)31-19-7-16-9-20(35)10-18-14-33(2)13-17(8-19)25(16)18/h3,5,7-8,12,18,20,35H,4,6,9-11,13-15H2,1-2H3,(H,36,37)(H,30,31,32). The molecule has 0 saturated carbocycles. The lowest BCUT2D eigenvalue weighted by Gasteiger charge is -2.38. The second kappa shape index (κ2) is 9.11. The van der Waals surface area contributed by atoms with Crippen LogP contribution in [0.25, 0.3) is 0 Å². The predicted molar refractivity (Wildman–Crippen MR) is 143 cm³/mol. The van der Waals surface area contributed by atoms with Crippen LogP contribution in [-0.2, 0) is 17.8 Å². The van der Waals surface area contributed by atoms with Gasteiger partial charge in [0.05, 0.1) is 18.7 Å². The maximum Gasteiger partial charge on any atom is 0.304 e. The maximum absolute atomic E-state index is 11.7. The molecule has 3 atom stereocenters. The summed E-state index contributed by atoms with van der Waals surface area (Å²) in [5.74, 6) is 0.567. The Kier molecular flexibility index (Phi) is 6.01. The molecular formula is C28H32ClN5O3. The molecule has 2 aromatic rings. The number of aliphatic hydroxyl groups excluding tert-OH is 1. The Bertz CT molecular complexity index is 1310. The molecule has 2 aliphatic heterocycles. The van der Waals surface area contributed by atoms with Crippen LogP contribution in [-0.4, -0.2) is 57.3 Å². The summed E-state index contributed by atoms with van der Waals surface area (Å²) in [6.45, 7) is 4.34. The zero-order valence-corrected chi connectivity index (χ0v) is 21.9. The van der Waals surface area contributed by atoms with E-state index in [2.05, 4.69) is 51.4 Å². The molecule has 8 nitrogen and oxygen atoms in total. The van der Waals surface area contributed by atoms with Gasteiger partial charge < -0.3 is 25.3 Å². The Morgan fingerprint density at radius 3 is 2.95 bits per heavy atom. The van der Waals surface area contributed by atoms with E-state index in [4.69, 9.17) is 16.6 Å². The van der Waals surface area contributed by atoms with Crippen LogP contribution in [0.5, 0.6) is 0 Å². The lowest BCUT2D eigenvalue weighted by Crippen LogP contribution is -2.36. The van der Waals surface area contributed by atoms with Gasteiger partial charge >= 0.3 is 5.97 Å². The van der Waals surface area contributed by atoms with E-state index in [0.717, 1.165) is 49.3 Å². The van der Waals surface area contributed by atoms with E-state index in [0.29, 0.717) is 35.7 Å². The van der Waals surface area contributed by atoms with Crippen molar-refractivity contribution in [3.8, 4) is 0 Å². The van der Waals surface area contributed by atoms with Crippen LogP contribution in [0.1, 0.15) is 55.2 Å². The van der Waals surface area contributed by atoms with E-state index in [-0.39, 0.29) is 12.5 Å². The number of aliphatic carboxylic acids is 1. The van der Waals surface area contributed by atoms with Gasteiger partial charge in [0.25, 0.3) is 0 Å². The number of anilines is 3. The fourth-order valence-corrected chi connectivity index (χ4v) is 6.98. The number of carboxylic acid groups (broad SMARTS) is 1. The van der Waals surface area contributed by atoms with Gasteiger partial charge in [0.2, 0.25) is 5.95 Å². The highest BCUT2D eigenvalue weighted by atomic mass is 35.5. The SMILES string of the molecule is CN1Cc2cc(Nc3ncc(Cl)c(N4CC(C)(CC(=O)O)C5=C4CCC=C5)n3)cc3c2C(CC(O)C3)C1. The molecule has 4 aliphatic rings. The minimum atomic E-state index is -0.819. The van der Waals surface area contributed by atoms with Gasteiger partial charge in [-0.05, 0) is 73.0 Å². The van der Waals surface area contributed by atoms with Crippen molar-refractivity contribution in [1.82, 2.24) is 14.9 Å². The largest absolute Gasteiger partial charge is 0.481 e. The number of aromatic nitrogens is 2. The maximum atomic E-state index is 11.7. The van der Waals surface area contributed by atoms with Crippen molar-refractivity contribution in [3.05, 3.63) is 63.5 Å². The number of aliphatic hydroxyl groups is 1. The Balaban J connectivity index is 1.33. The molecule has 0 fully saturated rings. The molecule has 194 valence electrons. The first-order valence-electron chi connectivity index (χ1n) is 12.9. The summed E-state index contributed by atoms with van der Waals surface area (Å²) in [7, 11) is 2.12. The fraction of sp³-hybridized carbons (Fsp3) is 0.464. The second-order valence-corrected chi connectivity index (χ2v) is 11.6. The van der Waals surface area contributed by atoms with Crippen LogP contribution in [0, 0.1) is 5.41 Å². The van der Waals surface area contributed by atoms with Crippen LogP contribution in [0.3, 0.4) is 0 Å². The third-order valence-corrected chi connectivity index (χ3v) is 8.42. The smallest absolute Gasteiger partial charge is 0.304 e. The topological polar surface area (TPSA) is 102 Å². The molecule has 1 aromatic heterocycles. The quantitative estimate of drug-likeness (QED) is 0.524. The molecule has 3 heterocycles. The van der Waals surface area contributed by atoms with Crippen LogP contribution >= 0.6 is 11.6 Å². The molecule has 37 heavy (non-hydrogen) atoms. The number of allylic oxidation sites excluding steroid dienone is 3. The van der Waals surface area contributed by atoms with Gasteiger partial charge in [-0.1, -0.05) is 30.7 Å². The Labute approximate surface area is 221 Å². The number of nitrogens with zero attached hydrogens (tertiary/aromatic N) is 4. The second-order valence-electron chi connectivity index (χ2n) is 11.2. The predicted octanol–water partition coefficient (Wildman–Crippen LogP) is 4.61. The molecular weight excluding hydrogens is 490 g/mol. The highest BCUT2D eigenvalue weighted by Gasteiger charge is 2.43. The van der Waals surface area contributed by atoms with Crippen molar-refractivity contribution >= 4 is 35.0 Å². The molecule has 6 rings (SSSR count). The van der Waals surface area contributed by atoms with Gasteiger partial charge in [0.15, 0.2) is 5.82 Å². The van der Waals surface area contributed by atoms with Gasteiger partial charge in [-0.3, -0.25) is 4.79 Å². The van der Waals surface area contributed by atoms with Crippen molar-refractivity contribution < 1.29 is 15.0 Å². The summed E-state index contributed by atoms with van der Waals surface area (Å²) in [4.78, 5) is 25.3. The zero-order chi connectivity index (χ0) is 25.9. The van der Waals surface area contributed by atoms with Crippen molar-refractivity contribution in [2.45, 2.75) is 57.6 Å². The van der Waals surface area contributed by atoms with Crippen LogP contribution in [0.15, 0.2) is 41.8 Å². The average Bonchev–Trinajstić information content (AvgIpc) is 3.11. The van der Waals surface area contributed by atoms with Crippen LogP contribution < -0.4 is 10.2 Å². The van der Waals surface area contributed by atoms with E-state index in [1.54, 1.807) is 6.20 Å². The number of carboxylic acids is 1. The van der Waals surface area contributed by atoms with Crippen LogP contribution in [0.4, 0.5) is 17.5 Å². The summed E-state index contributed by atoms with van der Waals surface area (Å²) < 4.78 is 0. The number of halogens is 1. The third-order valence-electron chi connectivity index (χ3n) is 8.15. The molecule has 3 unspecified atom stereocenters. The average molecular weight is 522 g/mol. The highest BCUT2D eigenvalue weighted by Crippen LogP contribution is 2.48. The molecule has 9 heteroatoms. The lowest BCUT2D eigenvalue weighted by molar-refractivity contribution is -0.138. The van der Waals surface area contributed by atoms with Crippen molar-refractivity contribution in [3.63, 3.8) is 0 Å². The summed E-state index contributed by atoms with van der Waals surface area (Å²) in [6, 6.07) is 4.28. The number of rotatable bonds is 5. The first kappa shape index (κ1) is 24.4. The molecule has 0 saturated heterocycles. The Hall–Kier alpha value is -2.94. The van der Waals surface area contributed by atoms with Gasteiger partial charge in [-0.2, -0.15) is 4.98 Å². The number of hydrogen-bond acceptors (Lipinski definition) is 7. The number of likely N-dealkylation sites (N-methyl/N-ethyl adjacent to an activating group) is 1. The highest BCUT2D eigenvalue weighted by molar-refractivity contribution is 6.33. The monoisotopic (exact) mass is 521 g/mol. The van der Waals surface area contributed by atoms with Crippen molar-refractivity contribution in [2.24, 2.45) is 5.41 Å². The molecule has 2 aliphatic carbocycles. The molecule has 0 radical (unpaired) electrons. The molecule has 0 spiro atoms. The van der Waals surface area contributed by atoms with E-state index >= 15 is 0 Å². The molecule has 1 aromatic carbocycles. The Morgan fingerprint density at radius 1 is 1.32 bits per heavy atom. The van der Waals surface area contributed by atoms with Crippen molar-refractivity contribution in [2.75, 3.05) is 30.4 Å². The minimum absolute atomic E-state index is 0.0413. The van der Waals surface area contributed by atoms with E-state index in [9.17, 15) is 15.0 Å². The minimum Gasteiger partial charge on any atom is -0.481 e. The number of benzene rings is 1. The van der Waals surface area contributed by atoms with Gasteiger partial charge in [0, 0.05) is 36.4 Å². The number of nitrogens with one attached hydrogen (secondary N) is 1. The van der Waals surface area contributed by atoms with Crippen LogP contribution in [0.2, 0.25) is 5.02 Å². The number of hydrogen-bond donors (Lipinski definition) is 3. The van der Waals surface area contributed by atoms with Crippen molar-refractivity contribution in [1.29, 1.82) is 0 Å². The first-order valence-corrected chi connectivity index (χ1v) is 13.3. The lowest BCUT2D eigenvalue weighted by atomic mass is 9.76. The normalized spacial score (nSPS) is 26.8. The van der Waals surface area contributed by atoms with Gasteiger partial charge in [0.1, 0.15) is 5.02 Å². The fourth-order valence-electron chi connectivity index (χ4n) is 6.79. The molecule has 3 N–H and O–H groups in total. The number of carbonyl (C=O) groups is 1.